The van der Waals surface area contributed by atoms with E-state index in [1.807, 2.05) is 18.2 Å². The van der Waals surface area contributed by atoms with Crippen molar-refractivity contribution in [3.63, 3.8) is 0 Å². The molecule has 0 amide bonds. The topological polar surface area (TPSA) is 78.8 Å². The van der Waals surface area contributed by atoms with Gasteiger partial charge in [0.1, 0.15) is 5.01 Å². The summed E-state index contributed by atoms with van der Waals surface area (Å²) in [7, 11) is 0. The first-order valence-electron chi connectivity index (χ1n) is 9.45. The molecule has 146 valence electrons. The molecular weight excluding hydrogens is 360 g/mol. The summed E-state index contributed by atoms with van der Waals surface area (Å²) in [5.41, 5.74) is 2.11. The van der Waals surface area contributed by atoms with Crippen LogP contribution in [0.5, 0.6) is 0 Å². The number of guanidine groups is 1. The summed E-state index contributed by atoms with van der Waals surface area (Å²) >= 11 is 1.63. The highest BCUT2D eigenvalue weighted by Gasteiger charge is 2.34. The Balaban J connectivity index is 1.61. The highest BCUT2D eigenvalue weighted by molar-refractivity contribution is 7.09. The van der Waals surface area contributed by atoms with Crippen LogP contribution in [0.4, 0.5) is 0 Å². The van der Waals surface area contributed by atoms with Crippen molar-refractivity contribution in [2.24, 2.45) is 10.4 Å². The smallest absolute Gasteiger partial charge is 0.191 e. The van der Waals surface area contributed by atoms with Gasteiger partial charge in [0.2, 0.25) is 0 Å². The van der Waals surface area contributed by atoms with E-state index in [9.17, 15) is 5.11 Å². The summed E-state index contributed by atoms with van der Waals surface area (Å²) in [4.78, 5) is 9.38. The SMILES string of the molecule is CCNC(=NCc1nc(-c2ccccc2)cs1)NCC1(CCO)CCOC1. The molecule has 27 heavy (non-hydrogen) atoms. The van der Waals surface area contributed by atoms with E-state index in [0.29, 0.717) is 13.2 Å². The summed E-state index contributed by atoms with van der Waals surface area (Å²) in [6, 6.07) is 10.2. The quantitative estimate of drug-likeness (QED) is 0.479. The number of hydrogen-bond donors (Lipinski definition) is 3. The molecule has 0 radical (unpaired) electrons. The van der Waals surface area contributed by atoms with Crippen LogP contribution in [0.25, 0.3) is 11.3 Å². The predicted molar refractivity (Wildman–Crippen MR) is 110 cm³/mol. The number of aliphatic hydroxyl groups is 1. The predicted octanol–water partition coefficient (Wildman–Crippen LogP) is 2.65. The molecule has 0 bridgehead atoms. The first kappa shape index (κ1) is 19.8. The zero-order valence-electron chi connectivity index (χ0n) is 15.8. The van der Waals surface area contributed by atoms with Gasteiger partial charge in [0.05, 0.1) is 18.8 Å². The summed E-state index contributed by atoms with van der Waals surface area (Å²) in [6.45, 7) is 5.76. The molecule has 1 fully saturated rings. The largest absolute Gasteiger partial charge is 0.396 e. The Labute approximate surface area is 164 Å². The van der Waals surface area contributed by atoms with Crippen molar-refractivity contribution in [1.82, 2.24) is 15.6 Å². The van der Waals surface area contributed by atoms with Crippen LogP contribution in [-0.4, -0.2) is 49.0 Å². The molecule has 1 aromatic heterocycles. The minimum Gasteiger partial charge on any atom is -0.396 e. The van der Waals surface area contributed by atoms with Crippen molar-refractivity contribution in [3.8, 4) is 11.3 Å². The molecule has 1 aliphatic rings. The van der Waals surface area contributed by atoms with E-state index < -0.39 is 0 Å². The lowest BCUT2D eigenvalue weighted by Gasteiger charge is -2.27. The number of benzene rings is 1. The number of aliphatic imine (C=N–C) groups is 1. The summed E-state index contributed by atoms with van der Waals surface area (Å²) in [5.74, 6) is 0.776. The minimum atomic E-state index is -0.00734. The molecule has 3 rings (SSSR count). The molecule has 1 saturated heterocycles. The molecule has 0 saturated carbocycles. The molecule has 2 heterocycles. The van der Waals surface area contributed by atoms with E-state index in [2.05, 4.69) is 40.1 Å². The number of thiazole rings is 1. The van der Waals surface area contributed by atoms with Gasteiger partial charge in [-0.15, -0.1) is 11.3 Å². The van der Waals surface area contributed by atoms with Crippen LogP contribution in [0.3, 0.4) is 0 Å². The van der Waals surface area contributed by atoms with Gasteiger partial charge in [-0.25, -0.2) is 9.98 Å². The average molecular weight is 389 g/mol. The second-order valence-electron chi connectivity index (χ2n) is 6.82. The second kappa shape index (κ2) is 9.82. The minimum absolute atomic E-state index is 0.00734. The van der Waals surface area contributed by atoms with Gasteiger partial charge in [0.25, 0.3) is 0 Å². The Hall–Kier alpha value is -1.96. The zero-order valence-corrected chi connectivity index (χ0v) is 16.6. The standard InChI is InChI=1S/C20H28N4O2S/c1-2-21-19(23-14-20(8-10-25)9-11-26-15-20)22-12-18-24-17(13-27-18)16-6-4-3-5-7-16/h3-7,13,25H,2,8-12,14-15H2,1H3,(H2,21,22,23). The third-order valence-electron chi connectivity index (χ3n) is 4.80. The van der Waals surface area contributed by atoms with Gasteiger partial charge >= 0.3 is 0 Å². The fourth-order valence-corrected chi connectivity index (χ4v) is 3.92. The van der Waals surface area contributed by atoms with Gasteiger partial charge < -0.3 is 20.5 Å². The molecule has 1 aromatic carbocycles. The third-order valence-corrected chi connectivity index (χ3v) is 5.63. The van der Waals surface area contributed by atoms with Gasteiger partial charge in [-0.05, 0) is 19.8 Å². The van der Waals surface area contributed by atoms with E-state index >= 15 is 0 Å². The van der Waals surface area contributed by atoms with Crippen LogP contribution >= 0.6 is 11.3 Å². The molecule has 2 aromatic rings. The maximum atomic E-state index is 9.37. The van der Waals surface area contributed by atoms with E-state index in [1.54, 1.807) is 11.3 Å². The lowest BCUT2D eigenvalue weighted by molar-refractivity contribution is 0.127. The number of nitrogens with zero attached hydrogens (tertiary/aromatic N) is 2. The highest BCUT2D eigenvalue weighted by Crippen LogP contribution is 2.31. The number of aliphatic hydroxyl groups excluding tert-OH is 1. The van der Waals surface area contributed by atoms with Crippen LogP contribution in [0.1, 0.15) is 24.8 Å². The molecule has 0 aliphatic carbocycles. The summed E-state index contributed by atoms with van der Waals surface area (Å²) in [5, 5.41) is 19.1. The number of ether oxygens (including phenoxy) is 1. The molecule has 1 aliphatic heterocycles. The summed E-state index contributed by atoms with van der Waals surface area (Å²) in [6.07, 6.45) is 1.71. The van der Waals surface area contributed by atoms with Crippen molar-refractivity contribution >= 4 is 17.3 Å². The average Bonchev–Trinajstić information content (AvgIpc) is 3.35. The van der Waals surface area contributed by atoms with Gasteiger partial charge in [0, 0.05) is 42.7 Å². The van der Waals surface area contributed by atoms with Gasteiger partial charge in [-0.1, -0.05) is 30.3 Å². The zero-order chi connectivity index (χ0) is 19.0. The molecule has 7 heteroatoms. The number of aromatic nitrogens is 1. The van der Waals surface area contributed by atoms with Crippen LogP contribution in [0, 0.1) is 5.41 Å². The molecule has 1 unspecified atom stereocenters. The van der Waals surface area contributed by atoms with Gasteiger partial charge in [-0.2, -0.15) is 0 Å². The van der Waals surface area contributed by atoms with E-state index in [4.69, 9.17) is 9.72 Å². The maximum absolute atomic E-state index is 9.37. The highest BCUT2D eigenvalue weighted by atomic mass is 32.1. The van der Waals surface area contributed by atoms with Crippen LogP contribution < -0.4 is 10.6 Å². The fourth-order valence-electron chi connectivity index (χ4n) is 3.20. The van der Waals surface area contributed by atoms with Crippen molar-refractivity contribution in [2.45, 2.75) is 26.3 Å². The van der Waals surface area contributed by atoms with E-state index in [1.165, 1.54) is 0 Å². The van der Waals surface area contributed by atoms with Crippen LogP contribution in [0.2, 0.25) is 0 Å². The van der Waals surface area contributed by atoms with Gasteiger partial charge in [0.15, 0.2) is 5.96 Å². The van der Waals surface area contributed by atoms with Crippen molar-refractivity contribution in [1.29, 1.82) is 0 Å². The Morgan fingerprint density at radius 3 is 2.89 bits per heavy atom. The van der Waals surface area contributed by atoms with Crippen molar-refractivity contribution < 1.29 is 9.84 Å². The van der Waals surface area contributed by atoms with E-state index in [-0.39, 0.29) is 12.0 Å². The summed E-state index contributed by atoms with van der Waals surface area (Å²) < 4.78 is 5.56. The Bertz CT molecular complexity index is 727. The Morgan fingerprint density at radius 1 is 1.33 bits per heavy atom. The normalized spacial score (nSPS) is 20.0. The van der Waals surface area contributed by atoms with Crippen LogP contribution in [-0.2, 0) is 11.3 Å². The van der Waals surface area contributed by atoms with Crippen LogP contribution in [0.15, 0.2) is 40.7 Å². The second-order valence-corrected chi connectivity index (χ2v) is 7.76. The lowest BCUT2D eigenvalue weighted by Crippen LogP contribution is -2.44. The number of hydrogen-bond acceptors (Lipinski definition) is 5. The first-order valence-corrected chi connectivity index (χ1v) is 10.3. The van der Waals surface area contributed by atoms with E-state index in [0.717, 1.165) is 54.8 Å². The van der Waals surface area contributed by atoms with Crippen molar-refractivity contribution in [2.75, 3.05) is 32.9 Å². The molecule has 6 nitrogen and oxygen atoms in total. The first-order chi connectivity index (χ1) is 13.2. The third kappa shape index (κ3) is 5.51. The number of rotatable bonds is 8. The Morgan fingerprint density at radius 2 is 2.19 bits per heavy atom. The molecule has 3 N–H and O–H groups in total. The molecule has 1 atom stereocenters. The maximum Gasteiger partial charge on any atom is 0.191 e. The van der Waals surface area contributed by atoms with Gasteiger partial charge in [-0.3, -0.25) is 0 Å². The monoisotopic (exact) mass is 388 g/mol. The lowest BCUT2D eigenvalue weighted by atomic mass is 9.84. The Kier molecular flexibility index (Phi) is 7.20. The number of nitrogens with one attached hydrogen (secondary N) is 2. The molecule has 0 spiro atoms. The fraction of sp³-hybridized carbons (Fsp3) is 0.500. The van der Waals surface area contributed by atoms with Crippen molar-refractivity contribution in [3.05, 3.63) is 40.7 Å². The molecular formula is C20H28N4O2S.